The van der Waals surface area contributed by atoms with Gasteiger partial charge in [0.15, 0.2) is 5.76 Å². The molecule has 2 atom stereocenters. The molecule has 3 rings (SSSR count). The van der Waals surface area contributed by atoms with Gasteiger partial charge >= 0.3 is 0 Å². The number of amides is 1. The summed E-state index contributed by atoms with van der Waals surface area (Å²) >= 11 is 0. The van der Waals surface area contributed by atoms with E-state index in [4.69, 9.17) is 4.42 Å². The minimum absolute atomic E-state index is 0.00646. The highest BCUT2D eigenvalue weighted by molar-refractivity contribution is 5.79. The number of hydrogen-bond donors (Lipinski definition) is 1. The monoisotopic (exact) mass is 425 g/mol. The maximum absolute atomic E-state index is 13.0. The summed E-state index contributed by atoms with van der Waals surface area (Å²) in [6.07, 6.45) is 8.45. The maximum atomic E-state index is 13.0. The Kier molecular flexibility index (Phi) is 8.83. The van der Waals surface area contributed by atoms with Gasteiger partial charge in [-0.15, -0.1) is 0 Å². The number of likely N-dealkylation sites (tertiary alicyclic amines) is 1. The van der Waals surface area contributed by atoms with Gasteiger partial charge in [0.25, 0.3) is 0 Å². The van der Waals surface area contributed by atoms with Crippen molar-refractivity contribution in [2.45, 2.75) is 64.3 Å². The topological polar surface area (TPSA) is 75.4 Å². The number of carbonyl (C=O) groups is 2. The number of aromatic nitrogens is 1. The first-order chi connectivity index (χ1) is 15.1. The van der Waals surface area contributed by atoms with Gasteiger partial charge in [-0.25, -0.2) is 4.98 Å². The van der Waals surface area contributed by atoms with Gasteiger partial charge < -0.3 is 14.6 Å². The van der Waals surface area contributed by atoms with Crippen molar-refractivity contribution in [3.05, 3.63) is 42.4 Å². The Morgan fingerprint density at radius 2 is 2.03 bits per heavy atom. The van der Waals surface area contributed by atoms with E-state index in [-0.39, 0.29) is 17.9 Å². The van der Waals surface area contributed by atoms with Gasteiger partial charge in [-0.2, -0.15) is 0 Å². The average Bonchev–Trinajstić information content (AvgIpc) is 3.28. The summed E-state index contributed by atoms with van der Waals surface area (Å²) in [5.41, 5.74) is 0.971. The van der Waals surface area contributed by atoms with Crippen LogP contribution in [0.25, 0.3) is 11.3 Å². The van der Waals surface area contributed by atoms with Crippen molar-refractivity contribution in [2.75, 3.05) is 20.1 Å². The van der Waals surface area contributed by atoms with Crippen LogP contribution in [0.3, 0.4) is 0 Å². The first kappa shape index (κ1) is 23.2. The van der Waals surface area contributed by atoms with E-state index in [0.717, 1.165) is 57.2 Å². The lowest BCUT2D eigenvalue weighted by Crippen LogP contribution is -2.42. The summed E-state index contributed by atoms with van der Waals surface area (Å²) in [6.45, 7) is 3.74. The molecule has 2 heterocycles. The van der Waals surface area contributed by atoms with Crippen LogP contribution in [-0.4, -0.2) is 41.7 Å². The van der Waals surface area contributed by atoms with E-state index in [1.165, 1.54) is 0 Å². The number of nitrogens with zero attached hydrogens (tertiary/aromatic N) is 2. The number of piperidine rings is 1. The van der Waals surface area contributed by atoms with Gasteiger partial charge in [0, 0.05) is 24.9 Å². The quantitative estimate of drug-likeness (QED) is 0.525. The molecule has 0 aliphatic carbocycles. The molecule has 1 aromatic heterocycles. The van der Waals surface area contributed by atoms with Crippen LogP contribution >= 0.6 is 0 Å². The molecule has 2 aromatic rings. The van der Waals surface area contributed by atoms with Gasteiger partial charge in [0.05, 0.1) is 12.1 Å². The number of ketones is 1. The van der Waals surface area contributed by atoms with Crippen molar-refractivity contribution in [1.29, 1.82) is 0 Å². The Hall–Kier alpha value is -2.47. The number of oxazole rings is 1. The number of hydrogen-bond acceptors (Lipinski definition) is 5. The van der Waals surface area contributed by atoms with E-state index in [2.05, 4.69) is 22.2 Å². The molecule has 1 aliphatic heterocycles. The second-order valence-electron chi connectivity index (χ2n) is 8.58. The highest BCUT2D eigenvalue weighted by Gasteiger charge is 2.27. The van der Waals surface area contributed by atoms with E-state index in [9.17, 15) is 9.59 Å². The summed E-state index contributed by atoms with van der Waals surface area (Å²) in [6, 6.07) is 9.62. The molecule has 1 aliphatic rings. The minimum Gasteiger partial charge on any atom is -0.438 e. The second kappa shape index (κ2) is 11.8. The van der Waals surface area contributed by atoms with Gasteiger partial charge in [0.1, 0.15) is 11.8 Å². The molecule has 31 heavy (non-hydrogen) atoms. The van der Waals surface area contributed by atoms with Crippen LogP contribution in [0.1, 0.15) is 70.2 Å². The van der Waals surface area contributed by atoms with Crippen LogP contribution < -0.4 is 5.32 Å². The van der Waals surface area contributed by atoms with Gasteiger partial charge in [-0.05, 0) is 39.3 Å². The third kappa shape index (κ3) is 7.03. The van der Waals surface area contributed by atoms with E-state index < -0.39 is 0 Å². The first-order valence-corrected chi connectivity index (χ1v) is 11.6. The van der Waals surface area contributed by atoms with E-state index in [0.29, 0.717) is 30.3 Å². The Morgan fingerprint density at radius 1 is 1.23 bits per heavy atom. The lowest BCUT2D eigenvalue weighted by Gasteiger charge is -2.29. The first-order valence-electron chi connectivity index (χ1n) is 11.6. The molecule has 1 fully saturated rings. The van der Waals surface area contributed by atoms with Gasteiger partial charge in [-0.3, -0.25) is 9.59 Å². The fraction of sp³-hybridized carbons (Fsp3) is 0.560. The van der Waals surface area contributed by atoms with Crippen molar-refractivity contribution in [3.8, 4) is 11.3 Å². The van der Waals surface area contributed by atoms with Crippen LogP contribution in [0.15, 0.2) is 40.9 Å². The summed E-state index contributed by atoms with van der Waals surface area (Å²) in [5.74, 6) is 1.66. The molecule has 1 saturated heterocycles. The zero-order valence-electron chi connectivity index (χ0n) is 18.8. The number of Topliss-reactive ketones (excluding diaryl/α,β-unsaturated/α-hetero) is 1. The molecule has 0 radical (unpaired) electrons. The molecular weight excluding hydrogens is 390 g/mol. The fourth-order valence-electron chi connectivity index (χ4n) is 4.14. The van der Waals surface area contributed by atoms with Crippen LogP contribution in [0.5, 0.6) is 0 Å². The van der Waals surface area contributed by atoms with Crippen LogP contribution in [-0.2, 0) is 9.59 Å². The Bertz CT molecular complexity index is 834. The molecule has 1 N–H and O–H groups in total. The summed E-state index contributed by atoms with van der Waals surface area (Å²) < 4.78 is 6.06. The third-order valence-corrected chi connectivity index (χ3v) is 6.03. The zero-order chi connectivity index (χ0) is 22.1. The number of rotatable bonds is 11. The third-order valence-electron chi connectivity index (χ3n) is 6.03. The number of benzene rings is 1. The second-order valence-corrected chi connectivity index (χ2v) is 8.58. The average molecular weight is 426 g/mol. The molecule has 1 aromatic carbocycles. The lowest BCUT2D eigenvalue weighted by atomic mass is 9.96. The molecule has 0 bridgehead atoms. The van der Waals surface area contributed by atoms with Gasteiger partial charge in [0.2, 0.25) is 11.8 Å². The normalized spacial score (nSPS) is 17.9. The standard InChI is InChI=1S/C25H35N3O3/c1-3-21(29)14-8-5-9-15-22(27-24(30)20-13-10-16-28(2)18-20)25-26-17-23(31-25)19-11-6-4-7-12-19/h4,6-7,11-12,17,20,22H,3,5,8-10,13-16,18H2,1-2H3,(H,27,30). The molecule has 6 nitrogen and oxygen atoms in total. The summed E-state index contributed by atoms with van der Waals surface area (Å²) in [5, 5.41) is 3.21. The largest absolute Gasteiger partial charge is 0.438 e. The highest BCUT2D eigenvalue weighted by atomic mass is 16.4. The predicted molar refractivity (Wildman–Crippen MR) is 121 cm³/mol. The van der Waals surface area contributed by atoms with Crippen molar-refractivity contribution >= 4 is 11.7 Å². The van der Waals surface area contributed by atoms with Crippen molar-refractivity contribution < 1.29 is 14.0 Å². The van der Waals surface area contributed by atoms with Crippen LogP contribution in [0, 0.1) is 5.92 Å². The van der Waals surface area contributed by atoms with E-state index >= 15 is 0 Å². The Balaban J connectivity index is 1.64. The Morgan fingerprint density at radius 3 is 2.77 bits per heavy atom. The smallest absolute Gasteiger partial charge is 0.225 e. The maximum Gasteiger partial charge on any atom is 0.225 e. The van der Waals surface area contributed by atoms with Gasteiger partial charge in [-0.1, -0.05) is 50.1 Å². The van der Waals surface area contributed by atoms with E-state index in [1.54, 1.807) is 6.20 Å². The molecule has 2 unspecified atom stereocenters. The molecule has 1 amide bonds. The number of unbranched alkanes of at least 4 members (excludes halogenated alkanes) is 2. The minimum atomic E-state index is -0.251. The molecule has 0 spiro atoms. The number of nitrogens with one attached hydrogen (secondary N) is 1. The van der Waals surface area contributed by atoms with Crippen molar-refractivity contribution in [1.82, 2.24) is 15.2 Å². The SMILES string of the molecule is CCC(=O)CCCCCC(NC(=O)C1CCCN(C)C1)c1ncc(-c2ccccc2)o1. The predicted octanol–water partition coefficient (Wildman–Crippen LogP) is 4.77. The fourth-order valence-corrected chi connectivity index (χ4v) is 4.14. The summed E-state index contributed by atoms with van der Waals surface area (Å²) in [7, 11) is 2.06. The van der Waals surface area contributed by atoms with Crippen LogP contribution in [0.2, 0.25) is 0 Å². The van der Waals surface area contributed by atoms with E-state index in [1.807, 2.05) is 37.3 Å². The number of carbonyl (C=O) groups excluding carboxylic acids is 2. The molecule has 6 heteroatoms. The molecule has 0 saturated carbocycles. The van der Waals surface area contributed by atoms with Crippen molar-refractivity contribution in [3.63, 3.8) is 0 Å². The van der Waals surface area contributed by atoms with Crippen molar-refractivity contribution in [2.24, 2.45) is 5.92 Å². The Labute approximate surface area is 185 Å². The zero-order valence-corrected chi connectivity index (χ0v) is 18.8. The lowest BCUT2D eigenvalue weighted by molar-refractivity contribution is -0.127. The molecule has 168 valence electrons. The highest BCUT2D eigenvalue weighted by Crippen LogP contribution is 2.27. The summed E-state index contributed by atoms with van der Waals surface area (Å²) in [4.78, 5) is 31.2. The van der Waals surface area contributed by atoms with Crippen LogP contribution in [0.4, 0.5) is 0 Å². The molecular formula is C25H35N3O3.